The number of ether oxygens (including phenoxy) is 2. The Balaban J connectivity index is 3.47. The van der Waals surface area contributed by atoms with Crippen molar-refractivity contribution in [1.82, 2.24) is 5.32 Å². The summed E-state index contributed by atoms with van der Waals surface area (Å²) in [6.07, 6.45) is 2.03. The van der Waals surface area contributed by atoms with Gasteiger partial charge in [0, 0.05) is 26.0 Å². The molecule has 0 atom stereocenters. The molecule has 0 aliphatic heterocycles. The first-order valence-corrected chi connectivity index (χ1v) is 6.31. The average molecular weight is 245 g/mol. The summed E-state index contributed by atoms with van der Waals surface area (Å²) in [6, 6.07) is 0.466. The highest BCUT2D eigenvalue weighted by molar-refractivity contribution is 5.69. The fourth-order valence-electron chi connectivity index (χ4n) is 1.21. The summed E-state index contributed by atoms with van der Waals surface area (Å²) in [4.78, 5) is 11.4. The highest BCUT2D eigenvalue weighted by Crippen LogP contribution is 2.12. The second-order valence-corrected chi connectivity index (χ2v) is 5.15. The topological polar surface area (TPSA) is 47.6 Å². The van der Waals surface area contributed by atoms with Crippen LogP contribution in [0.25, 0.3) is 0 Å². The van der Waals surface area contributed by atoms with Gasteiger partial charge in [0.05, 0.1) is 12.2 Å². The van der Waals surface area contributed by atoms with E-state index in [0.717, 1.165) is 19.4 Å². The predicted molar refractivity (Wildman–Crippen MR) is 69.0 cm³/mol. The second-order valence-electron chi connectivity index (χ2n) is 5.15. The van der Waals surface area contributed by atoms with Crippen molar-refractivity contribution in [3.63, 3.8) is 0 Å². The first kappa shape index (κ1) is 16.4. The van der Waals surface area contributed by atoms with Crippen LogP contribution in [0.5, 0.6) is 0 Å². The van der Waals surface area contributed by atoms with Gasteiger partial charge in [-0.05, 0) is 26.8 Å². The standard InChI is InChI=1S/C13H27NO3/c1-11(2)14-9-6-7-12(15)17-10-8-13(3,4)16-5/h11,14H,6-10H2,1-5H3. The summed E-state index contributed by atoms with van der Waals surface area (Å²) in [5, 5.41) is 3.26. The van der Waals surface area contributed by atoms with Gasteiger partial charge in [-0.2, -0.15) is 0 Å². The van der Waals surface area contributed by atoms with E-state index in [-0.39, 0.29) is 11.6 Å². The highest BCUT2D eigenvalue weighted by Gasteiger charge is 2.16. The van der Waals surface area contributed by atoms with E-state index < -0.39 is 0 Å². The summed E-state index contributed by atoms with van der Waals surface area (Å²) in [5.41, 5.74) is -0.223. The Morgan fingerprint density at radius 2 is 2.00 bits per heavy atom. The van der Waals surface area contributed by atoms with E-state index in [1.165, 1.54) is 0 Å². The lowest BCUT2D eigenvalue weighted by Crippen LogP contribution is -2.26. The van der Waals surface area contributed by atoms with Crippen molar-refractivity contribution in [2.45, 2.75) is 58.6 Å². The molecule has 0 aromatic rings. The molecule has 17 heavy (non-hydrogen) atoms. The van der Waals surface area contributed by atoms with Crippen LogP contribution < -0.4 is 5.32 Å². The minimum atomic E-state index is -0.223. The van der Waals surface area contributed by atoms with Gasteiger partial charge in [-0.1, -0.05) is 13.8 Å². The fraction of sp³-hybridized carbons (Fsp3) is 0.923. The summed E-state index contributed by atoms with van der Waals surface area (Å²) >= 11 is 0. The Morgan fingerprint density at radius 1 is 1.35 bits per heavy atom. The van der Waals surface area contributed by atoms with Crippen LogP contribution in [0.4, 0.5) is 0 Å². The molecule has 0 saturated carbocycles. The van der Waals surface area contributed by atoms with Crippen molar-refractivity contribution in [2.75, 3.05) is 20.3 Å². The van der Waals surface area contributed by atoms with Gasteiger partial charge in [0.15, 0.2) is 0 Å². The van der Waals surface area contributed by atoms with Crippen molar-refractivity contribution in [1.29, 1.82) is 0 Å². The third-order valence-electron chi connectivity index (χ3n) is 2.63. The Morgan fingerprint density at radius 3 is 2.53 bits per heavy atom. The van der Waals surface area contributed by atoms with Gasteiger partial charge in [-0.25, -0.2) is 0 Å². The van der Waals surface area contributed by atoms with Gasteiger partial charge in [0.25, 0.3) is 0 Å². The van der Waals surface area contributed by atoms with Gasteiger partial charge in [-0.3, -0.25) is 4.79 Å². The molecule has 0 bridgehead atoms. The summed E-state index contributed by atoms with van der Waals surface area (Å²) in [7, 11) is 1.67. The average Bonchev–Trinajstić information content (AvgIpc) is 2.24. The van der Waals surface area contributed by atoms with Crippen LogP contribution in [-0.2, 0) is 14.3 Å². The SMILES string of the molecule is COC(C)(C)CCOC(=O)CCCNC(C)C. The van der Waals surface area contributed by atoms with Crippen LogP contribution in [0.1, 0.15) is 47.0 Å². The van der Waals surface area contributed by atoms with E-state index in [1.54, 1.807) is 7.11 Å². The Kier molecular flexibility index (Phi) is 8.17. The van der Waals surface area contributed by atoms with E-state index in [1.807, 2.05) is 13.8 Å². The van der Waals surface area contributed by atoms with E-state index in [4.69, 9.17) is 9.47 Å². The van der Waals surface area contributed by atoms with Crippen LogP contribution in [0, 0.1) is 0 Å². The highest BCUT2D eigenvalue weighted by atomic mass is 16.5. The van der Waals surface area contributed by atoms with E-state index in [2.05, 4.69) is 19.2 Å². The molecule has 0 aromatic carbocycles. The zero-order valence-electron chi connectivity index (χ0n) is 11.8. The molecule has 0 amide bonds. The minimum absolute atomic E-state index is 0.123. The maximum atomic E-state index is 11.4. The largest absolute Gasteiger partial charge is 0.466 e. The molecular weight excluding hydrogens is 218 g/mol. The minimum Gasteiger partial charge on any atom is -0.466 e. The van der Waals surface area contributed by atoms with Gasteiger partial charge >= 0.3 is 5.97 Å². The lowest BCUT2D eigenvalue weighted by Gasteiger charge is -2.22. The number of hydrogen-bond acceptors (Lipinski definition) is 4. The molecule has 0 fully saturated rings. The zero-order valence-corrected chi connectivity index (χ0v) is 11.8. The molecule has 1 N–H and O–H groups in total. The maximum Gasteiger partial charge on any atom is 0.305 e. The molecule has 0 aromatic heterocycles. The first-order valence-electron chi connectivity index (χ1n) is 6.31. The van der Waals surface area contributed by atoms with Crippen LogP contribution in [-0.4, -0.2) is 37.9 Å². The zero-order chi connectivity index (χ0) is 13.3. The molecule has 0 aliphatic rings. The second kappa shape index (κ2) is 8.48. The monoisotopic (exact) mass is 245 g/mol. The number of carbonyl (C=O) groups excluding carboxylic acids is 1. The number of rotatable bonds is 9. The molecule has 0 unspecified atom stereocenters. The molecule has 0 radical (unpaired) electrons. The molecule has 4 heteroatoms. The lowest BCUT2D eigenvalue weighted by atomic mass is 10.1. The Labute approximate surface area is 105 Å². The van der Waals surface area contributed by atoms with Gasteiger partial charge in [-0.15, -0.1) is 0 Å². The van der Waals surface area contributed by atoms with Crippen LogP contribution >= 0.6 is 0 Å². The molecular formula is C13H27NO3. The quantitative estimate of drug-likeness (QED) is 0.499. The van der Waals surface area contributed by atoms with Crippen molar-refractivity contribution in [3.8, 4) is 0 Å². The van der Waals surface area contributed by atoms with Crippen molar-refractivity contribution in [3.05, 3.63) is 0 Å². The molecule has 102 valence electrons. The van der Waals surface area contributed by atoms with E-state index >= 15 is 0 Å². The first-order chi connectivity index (χ1) is 7.87. The number of methoxy groups -OCH3 is 1. The fourth-order valence-corrected chi connectivity index (χ4v) is 1.21. The Bertz CT molecular complexity index is 215. The molecule has 0 saturated heterocycles. The van der Waals surface area contributed by atoms with E-state index in [9.17, 15) is 4.79 Å². The molecule has 0 spiro atoms. The van der Waals surface area contributed by atoms with Gasteiger partial charge < -0.3 is 14.8 Å². The van der Waals surface area contributed by atoms with Gasteiger partial charge in [0.1, 0.15) is 0 Å². The smallest absolute Gasteiger partial charge is 0.305 e. The Hall–Kier alpha value is -0.610. The summed E-state index contributed by atoms with van der Waals surface area (Å²) < 4.78 is 10.4. The predicted octanol–water partition coefficient (Wildman–Crippen LogP) is 2.12. The van der Waals surface area contributed by atoms with Crippen LogP contribution in [0.2, 0.25) is 0 Å². The lowest BCUT2D eigenvalue weighted by molar-refractivity contribution is -0.145. The molecule has 0 rings (SSSR count). The molecule has 0 aliphatic carbocycles. The molecule has 4 nitrogen and oxygen atoms in total. The number of hydrogen-bond donors (Lipinski definition) is 1. The van der Waals surface area contributed by atoms with Crippen molar-refractivity contribution >= 4 is 5.97 Å². The summed E-state index contributed by atoms with van der Waals surface area (Å²) in [5.74, 6) is -0.123. The number of carbonyl (C=O) groups is 1. The number of esters is 1. The summed E-state index contributed by atoms with van der Waals surface area (Å²) in [6.45, 7) is 9.42. The van der Waals surface area contributed by atoms with Gasteiger partial charge in [0.2, 0.25) is 0 Å². The normalized spacial score (nSPS) is 11.9. The van der Waals surface area contributed by atoms with Crippen molar-refractivity contribution in [2.24, 2.45) is 0 Å². The van der Waals surface area contributed by atoms with Crippen LogP contribution in [0.3, 0.4) is 0 Å². The van der Waals surface area contributed by atoms with Crippen molar-refractivity contribution < 1.29 is 14.3 Å². The third-order valence-corrected chi connectivity index (χ3v) is 2.63. The maximum absolute atomic E-state index is 11.4. The third kappa shape index (κ3) is 10.3. The van der Waals surface area contributed by atoms with E-state index in [0.29, 0.717) is 19.1 Å². The van der Waals surface area contributed by atoms with Crippen LogP contribution in [0.15, 0.2) is 0 Å². The number of nitrogens with one attached hydrogen (secondary N) is 1. The molecule has 0 heterocycles.